The molecular weight excluding hydrogens is 251 g/mol. The summed E-state index contributed by atoms with van der Waals surface area (Å²) in [6.45, 7) is 4.21. The maximum Gasteiger partial charge on any atom is 0.133 e. The molecule has 0 aromatic heterocycles. The topological polar surface area (TPSA) is 9.23 Å². The second-order valence-corrected chi connectivity index (χ2v) is 3.72. The van der Waals surface area contributed by atoms with Crippen molar-refractivity contribution in [3.05, 3.63) is 40.9 Å². The zero-order chi connectivity index (χ0) is 9.68. The number of rotatable bonds is 4. The maximum absolute atomic E-state index is 5.57. The van der Waals surface area contributed by atoms with Crippen LogP contribution in [0.4, 0.5) is 0 Å². The molecule has 0 aliphatic heterocycles. The lowest BCUT2D eigenvalue weighted by Gasteiger charge is -2.07. The molecule has 0 aliphatic carbocycles. The van der Waals surface area contributed by atoms with Crippen LogP contribution in [0.2, 0.25) is 0 Å². The van der Waals surface area contributed by atoms with E-state index < -0.39 is 0 Å². The third-order valence-electron chi connectivity index (χ3n) is 1.46. The molecule has 0 aliphatic rings. The highest BCUT2D eigenvalue weighted by molar-refractivity contribution is 9.10. The van der Waals surface area contributed by atoms with Gasteiger partial charge in [0, 0.05) is 5.88 Å². The van der Waals surface area contributed by atoms with Crippen LogP contribution >= 0.6 is 27.5 Å². The van der Waals surface area contributed by atoms with Gasteiger partial charge in [0.2, 0.25) is 0 Å². The largest absolute Gasteiger partial charge is 0.488 e. The van der Waals surface area contributed by atoms with Gasteiger partial charge in [-0.15, -0.1) is 11.6 Å². The molecule has 0 unspecified atom stereocenters. The number of alkyl halides is 1. The fourth-order valence-corrected chi connectivity index (χ4v) is 1.26. The number of halogens is 2. The predicted molar refractivity (Wildman–Crippen MR) is 59.5 cm³/mol. The molecule has 0 amide bonds. The van der Waals surface area contributed by atoms with Crippen LogP contribution in [0.15, 0.2) is 40.9 Å². The van der Waals surface area contributed by atoms with Crippen molar-refractivity contribution >= 4 is 27.5 Å². The monoisotopic (exact) mass is 260 g/mol. The Morgan fingerprint density at radius 3 is 2.77 bits per heavy atom. The van der Waals surface area contributed by atoms with Crippen LogP contribution in [0.25, 0.3) is 0 Å². The number of ether oxygens (including phenoxy) is 1. The normalized spacial score (nSPS) is 9.69. The van der Waals surface area contributed by atoms with E-state index >= 15 is 0 Å². The van der Waals surface area contributed by atoms with Gasteiger partial charge >= 0.3 is 0 Å². The minimum atomic E-state index is 0.435. The lowest BCUT2D eigenvalue weighted by atomic mass is 10.3. The first-order valence-electron chi connectivity index (χ1n) is 3.84. The van der Waals surface area contributed by atoms with Crippen molar-refractivity contribution in [2.24, 2.45) is 0 Å². The second-order valence-electron chi connectivity index (χ2n) is 2.60. The number of para-hydroxylation sites is 1. The molecule has 0 radical (unpaired) electrons. The van der Waals surface area contributed by atoms with E-state index in [1.807, 2.05) is 24.3 Å². The first-order chi connectivity index (χ1) is 6.24. The van der Waals surface area contributed by atoms with Crippen molar-refractivity contribution in [2.45, 2.75) is 0 Å². The van der Waals surface area contributed by atoms with Crippen molar-refractivity contribution in [2.75, 3.05) is 12.5 Å². The molecule has 0 heterocycles. The Balaban J connectivity index is 2.54. The van der Waals surface area contributed by atoms with Crippen molar-refractivity contribution in [3.8, 4) is 5.75 Å². The van der Waals surface area contributed by atoms with E-state index in [-0.39, 0.29) is 0 Å². The summed E-state index contributed by atoms with van der Waals surface area (Å²) in [5.74, 6) is 1.25. The first kappa shape index (κ1) is 10.6. The van der Waals surface area contributed by atoms with Crippen LogP contribution in [-0.4, -0.2) is 12.5 Å². The van der Waals surface area contributed by atoms with Gasteiger partial charge in [-0.2, -0.15) is 0 Å². The molecule has 1 nitrogen and oxygen atoms in total. The molecule has 3 heteroatoms. The first-order valence-corrected chi connectivity index (χ1v) is 5.16. The quantitative estimate of drug-likeness (QED) is 0.594. The third kappa shape index (κ3) is 3.41. The molecule has 0 saturated carbocycles. The Hall–Kier alpha value is -0.470. The second kappa shape index (κ2) is 5.30. The van der Waals surface area contributed by atoms with E-state index in [0.717, 1.165) is 15.8 Å². The van der Waals surface area contributed by atoms with Crippen LogP contribution in [0.1, 0.15) is 0 Å². The van der Waals surface area contributed by atoms with Crippen LogP contribution in [-0.2, 0) is 0 Å². The molecule has 1 aromatic carbocycles. The molecule has 0 spiro atoms. The molecule has 1 aromatic rings. The van der Waals surface area contributed by atoms with Crippen LogP contribution < -0.4 is 4.74 Å². The summed E-state index contributed by atoms with van der Waals surface area (Å²) in [6.07, 6.45) is 0. The van der Waals surface area contributed by atoms with Gasteiger partial charge in [0.05, 0.1) is 4.47 Å². The van der Waals surface area contributed by atoms with Gasteiger partial charge in [0.15, 0.2) is 0 Å². The van der Waals surface area contributed by atoms with E-state index in [0.29, 0.717) is 12.5 Å². The Kier molecular flexibility index (Phi) is 4.33. The molecule has 0 bridgehead atoms. The molecule has 0 saturated heterocycles. The predicted octanol–water partition coefficient (Wildman–Crippen LogP) is 3.62. The minimum absolute atomic E-state index is 0.435. The minimum Gasteiger partial charge on any atom is -0.488 e. The highest BCUT2D eigenvalue weighted by Gasteiger charge is 1.99. The highest BCUT2D eigenvalue weighted by atomic mass is 79.9. The van der Waals surface area contributed by atoms with E-state index in [9.17, 15) is 0 Å². The molecule has 0 atom stereocenters. The lowest BCUT2D eigenvalue weighted by Crippen LogP contribution is -2.01. The molecule has 1 rings (SSSR count). The summed E-state index contributed by atoms with van der Waals surface area (Å²) in [7, 11) is 0. The van der Waals surface area contributed by atoms with Gasteiger partial charge in [-0.05, 0) is 33.6 Å². The third-order valence-corrected chi connectivity index (χ3v) is 2.49. The van der Waals surface area contributed by atoms with Crippen molar-refractivity contribution < 1.29 is 4.74 Å². The van der Waals surface area contributed by atoms with E-state index in [1.54, 1.807) is 0 Å². The Bertz CT molecular complexity index is 299. The summed E-state index contributed by atoms with van der Waals surface area (Å²) < 4.78 is 6.40. The van der Waals surface area contributed by atoms with Crippen LogP contribution in [0, 0.1) is 0 Å². The Morgan fingerprint density at radius 2 is 2.15 bits per heavy atom. The highest BCUT2D eigenvalue weighted by Crippen LogP contribution is 2.23. The van der Waals surface area contributed by atoms with Crippen molar-refractivity contribution in [1.29, 1.82) is 0 Å². The Labute approximate surface area is 91.5 Å². The fourth-order valence-electron chi connectivity index (χ4n) is 0.780. The summed E-state index contributed by atoms with van der Waals surface area (Å²) in [6, 6.07) is 7.68. The zero-order valence-electron chi connectivity index (χ0n) is 7.09. The SMILES string of the molecule is C=C(CCl)COc1ccccc1Br. The lowest BCUT2D eigenvalue weighted by molar-refractivity contribution is 0.351. The van der Waals surface area contributed by atoms with Crippen molar-refractivity contribution in [3.63, 3.8) is 0 Å². The number of hydrogen-bond acceptors (Lipinski definition) is 1. The van der Waals surface area contributed by atoms with Gasteiger partial charge in [0.25, 0.3) is 0 Å². The van der Waals surface area contributed by atoms with Gasteiger partial charge in [-0.25, -0.2) is 0 Å². The summed E-state index contributed by atoms with van der Waals surface area (Å²) in [5, 5.41) is 0. The molecule has 13 heavy (non-hydrogen) atoms. The zero-order valence-corrected chi connectivity index (χ0v) is 9.44. The van der Waals surface area contributed by atoms with E-state index in [2.05, 4.69) is 22.5 Å². The van der Waals surface area contributed by atoms with E-state index in [4.69, 9.17) is 16.3 Å². The number of hydrogen-bond donors (Lipinski definition) is 0. The standard InChI is InChI=1S/C10H10BrClO/c1-8(6-12)7-13-10-5-3-2-4-9(10)11/h2-5H,1,6-7H2. The van der Waals surface area contributed by atoms with Gasteiger partial charge in [-0.1, -0.05) is 18.7 Å². The summed E-state index contributed by atoms with van der Waals surface area (Å²) >= 11 is 8.95. The average molecular weight is 262 g/mol. The Morgan fingerprint density at radius 1 is 1.46 bits per heavy atom. The fraction of sp³-hybridized carbons (Fsp3) is 0.200. The van der Waals surface area contributed by atoms with Gasteiger partial charge < -0.3 is 4.74 Å². The molecule has 70 valence electrons. The number of benzene rings is 1. The smallest absolute Gasteiger partial charge is 0.133 e. The van der Waals surface area contributed by atoms with Crippen LogP contribution in [0.5, 0.6) is 5.75 Å². The molecule has 0 N–H and O–H groups in total. The maximum atomic E-state index is 5.57. The summed E-state index contributed by atoms with van der Waals surface area (Å²) in [5.41, 5.74) is 0.873. The van der Waals surface area contributed by atoms with Crippen molar-refractivity contribution in [1.82, 2.24) is 0 Å². The average Bonchev–Trinajstić information content (AvgIpc) is 2.16. The van der Waals surface area contributed by atoms with Gasteiger partial charge in [0.1, 0.15) is 12.4 Å². The molecule has 0 fully saturated rings. The van der Waals surface area contributed by atoms with Gasteiger partial charge in [-0.3, -0.25) is 0 Å². The van der Waals surface area contributed by atoms with E-state index in [1.165, 1.54) is 0 Å². The van der Waals surface area contributed by atoms with Crippen LogP contribution in [0.3, 0.4) is 0 Å². The summed E-state index contributed by atoms with van der Waals surface area (Å²) in [4.78, 5) is 0. The molecular formula is C10H10BrClO.